The lowest BCUT2D eigenvalue weighted by Crippen LogP contribution is -2.28. The van der Waals surface area contributed by atoms with Gasteiger partial charge < -0.3 is 10.1 Å². The number of methoxy groups -OCH3 is 1. The number of hydrogen-bond donors (Lipinski definition) is 1. The molecule has 1 unspecified atom stereocenters. The van der Waals surface area contributed by atoms with E-state index in [1.807, 2.05) is 61.5 Å². The van der Waals surface area contributed by atoms with Gasteiger partial charge in [-0.2, -0.15) is 5.26 Å². The highest BCUT2D eigenvalue weighted by molar-refractivity contribution is 8.00. The molecule has 0 aliphatic carbocycles. The van der Waals surface area contributed by atoms with Crippen molar-refractivity contribution in [3.63, 3.8) is 0 Å². The molecule has 0 aliphatic heterocycles. The van der Waals surface area contributed by atoms with E-state index in [0.717, 1.165) is 11.3 Å². The van der Waals surface area contributed by atoms with Gasteiger partial charge in [0, 0.05) is 12.6 Å². The number of ether oxygens (including phenoxy) is 1. The Kier molecular flexibility index (Phi) is 7.80. The Balaban J connectivity index is 1.60. The van der Waals surface area contributed by atoms with Crippen molar-refractivity contribution in [3.05, 3.63) is 88.3 Å². The molecule has 4 aromatic rings. The summed E-state index contributed by atoms with van der Waals surface area (Å²) >= 11 is 1.22. The summed E-state index contributed by atoms with van der Waals surface area (Å²) in [6.45, 7) is 3.68. The van der Waals surface area contributed by atoms with E-state index in [0.29, 0.717) is 34.1 Å². The zero-order chi connectivity index (χ0) is 26.5. The molecule has 0 saturated carbocycles. The minimum Gasteiger partial charge on any atom is -0.497 e. The predicted octanol–water partition coefficient (Wildman–Crippen LogP) is 4.94. The lowest BCUT2D eigenvalue weighted by atomic mass is 10.1. The van der Waals surface area contributed by atoms with Crippen LogP contribution in [0.3, 0.4) is 0 Å². The standard InChI is InChI=1S/C28H27N5O3S/c1-5-24(26(34)31-25-18(2)32(3)33(28(25)35)21-9-7-6-8-10-21)37-27-20(17-29)13-16-23(30-27)19-11-14-22(36-4)15-12-19/h6-16,24H,5H2,1-4H3,(H,31,34). The van der Waals surface area contributed by atoms with Crippen molar-refractivity contribution < 1.29 is 9.53 Å². The van der Waals surface area contributed by atoms with Crippen LogP contribution in [-0.4, -0.2) is 32.6 Å². The monoisotopic (exact) mass is 513 g/mol. The van der Waals surface area contributed by atoms with Crippen molar-refractivity contribution in [2.75, 3.05) is 12.4 Å². The van der Waals surface area contributed by atoms with Gasteiger partial charge in [0.2, 0.25) is 5.91 Å². The third-order valence-corrected chi connectivity index (χ3v) is 7.45. The summed E-state index contributed by atoms with van der Waals surface area (Å²) in [5.74, 6) is 0.413. The van der Waals surface area contributed by atoms with E-state index < -0.39 is 5.25 Å². The van der Waals surface area contributed by atoms with Crippen LogP contribution in [0.5, 0.6) is 5.75 Å². The topological polar surface area (TPSA) is 102 Å². The first-order valence-corrected chi connectivity index (χ1v) is 12.6. The first-order valence-electron chi connectivity index (χ1n) is 11.7. The van der Waals surface area contributed by atoms with Crippen molar-refractivity contribution in [1.82, 2.24) is 14.3 Å². The Morgan fingerprint density at radius 1 is 1.14 bits per heavy atom. The van der Waals surface area contributed by atoms with E-state index >= 15 is 0 Å². The first-order chi connectivity index (χ1) is 17.9. The van der Waals surface area contributed by atoms with Gasteiger partial charge in [-0.15, -0.1) is 0 Å². The Morgan fingerprint density at radius 3 is 2.46 bits per heavy atom. The normalized spacial score (nSPS) is 11.5. The summed E-state index contributed by atoms with van der Waals surface area (Å²) in [5, 5.41) is 12.4. The van der Waals surface area contributed by atoms with Gasteiger partial charge in [0.1, 0.15) is 22.5 Å². The molecule has 9 heteroatoms. The number of aromatic nitrogens is 3. The van der Waals surface area contributed by atoms with E-state index in [9.17, 15) is 14.9 Å². The van der Waals surface area contributed by atoms with Gasteiger partial charge in [-0.25, -0.2) is 9.67 Å². The molecule has 0 radical (unpaired) electrons. The van der Waals surface area contributed by atoms with E-state index in [1.165, 1.54) is 16.4 Å². The maximum Gasteiger partial charge on any atom is 0.295 e. The number of thioether (sulfide) groups is 1. The highest BCUT2D eigenvalue weighted by Crippen LogP contribution is 2.31. The Labute approximate surface area is 219 Å². The van der Waals surface area contributed by atoms with Crippen molar-refractivity contribution in [1.29, 1.82) is 5.26 Å². The number of carbonyl (C=O) groups is 1. The number of para-hydroxylation sites is 1. The van der Waals surface area contributed by atoms with Crippen LogP contribution in [0.4, 0.5) is 5.69 Å². The van der Waals surface area contributed by atoms with Crippen LogP contribution in [0.1, 0.15) is 24.6 Å². The number of carbonyl (C=O) groups excluding carboxylic acids is 1. The second kappa shape index (κ2) is 11.2. The van der Waals surface area contributed by atoms with Gasteiger partial charge >= 0.3 is 0 Å². The fourth-order valence-electron chi connectivity index (χ4n) is 3.91. The first kappa shape index (κ1) is 25.8. The molecule has 1 N–H and O–H groups in total. The third kappa shape index (κ3) is 5.29. The number of benzene rings is 2. The van der Waals surface area contributed by atoms with E-state index in [2.05, 4.69) is 16.4 Å². The predicted molar refractivity (Wildman–Crippen MR) is 145 cm³/mol. The van der Waals surface area contributed by atoms with Crippen LogP contribution in [0, 0.1) is 18.3 Å². The SMILES string of the molecule is CCC(Sc1nc(-c2ccc(OC)cc2)ccc1C#N)C(=O)Nc1c(C)n(C)n(-c2ccccc2)c1=O. The van der Waals surface area contributed by atoms with Gasteiger partial charge in [0.05, 0.1) is 35.0 Å². The summed E-state index contributed by atoms with van der Waals surface area (Å²) in [7, 11) is 3.38. The summed E-state index contributed by atoms with van der Waals surface area (Å²) in [6, 6.07) is 22.4. The molecule has 1 atom stereocenters. The number of hydrogen-bond acceptors (Lipinski definition) is 6. The maximum absolute atomic E-state index is 13.3. The van der Waals surface area contributed by atoms with Gasteiger partial charge in [-0.05, 0) is 61.9 Å². The molecule has 2 aromatic heterocycles. The zero-order valence-electron chi connectivity index (χ0n) is 21.1. The highest BCUT2D eigenvalue weighted by Gasteiger charge is 2.25. The smallest absolute Gasteiger partial charge is 0.295 e. The largest absolute Gasteiger partial charge is 0.497 e. The fraction of sp³-hybridized carbons (Fsp3) is 0.214. The van der Waals surface area contributed by atoms with E-state index in [4.69, 9.17) is 4.74 Å². The van der Waals surface area contributed by atoms with Gasteiger partial charge in [-0.3, -0.25) is 14.3 Å². The van der Waals surface area contributed by atoms with Crippen molar-refractivity contribution >= 4 is 23.4 Å². The molecule has 2 aromatic carbocycles. The number of nitrogens with one attached hydrogen (secondary N) is 1. The Bertz CT molecular complexity index is 1520. The van der Waals surface area contributed by atoms with Gasteiger partial charge in [0.25, 0.3) is 5.56 Å². The molecule has 0 fully saturated rings. The number of pyridine rings is 1. The van der Waals surface area contributed by atoms with Crippen LogP contribution in [0.2, 0.25) is 0 Å². The number of rotatable bonds is 8. The minimum absolute atomic E-state index is 0.232. The lowest BCUT2D eigenvalue weighted by molar-refractivity contribution is -0.115. The quantitative estimate of drug-likeness (QED) is 0.335. The van der Waals surface area contributed by atoms with Crippen LogP contribution in [-0.2, 0) is 11.8 Å². The molecule has 2 heterocycles. The number of anilines is 1. The molecule has 188 valence electrons. The molecule has 1 amide bonds. The van der Waals surface area contributed by atoms with Gasteiger partial charge in [-0.1, -0.05) is 36.9 Å². The zero-order valence-corrected chi connectivity index (χ0v) is 21.9. The second-order valence-electron chi connectivity index (χ2n) is 8.33. The minimum atomic E-state index is -0.560. The van der Waals surface area contributed by atoms with Crippen LogP contribution < -0.4 is 15.6 Å². The average Bonchev–Trinajstić information content (AvgIpc) is 3.14. The molecule has 37 heavy (non-hydrogen) atoms. The Hall–Kier alpha value is -4.29. The maximum atomic E-state index is 13.3. The molecular weight excluding hydrogens is 486 g/mol. The van der Waals surface area contributed by atoms with E-state index in [-0.39, 0.29) is 17.2 Å². The van der Waals surface area contributed by atoms with Crippen LogP contribution in [0.15, 0.2) is 76.6 Å². The van der Waals surface area contributed by atoms with Crippen molar-refractivity contribution in [3.8, 4) is 28.8 Å². The number of nitriles is 1. The average molecular weight is 514 g/mol. The molecule has 8 nitrogen and oxygen atoms in total. The molecule has 0 bridgehead atoms. The number of amides is 1. The second-order valence-corrected chi connectivity index (χ2v) is 9.52. The van der Waals surface area contributed by atoms with Crippen molar-refractivity contribution in [2.24, 2.45) is 7.05 Å². The molecule has 0 saturated heterocycles. The van der Waals surface area contributed by atoms with Gasteiger partial charge in [0.15, 0.2) is 0 Å². The van der Waals surface area contributed by atoms with Crippen LogP contribution >= 0.6 is 11.8 Å². The number of nitrogens with zero attached hydrogens (tertiary/aromatic N) is 4. The van der Waals surface area contributed by atoms with Crippen molar-refractivity contribution in [2.45, 2.75) is 30.5 Å². The molecular formula is C28H27N5O3S. The fourth-order valence-corrected chi connectivity index (χ4v) is 4.90. The summed E-state index contributed by atoms with van der Waals surface area (Å²) in [6.07, 6.45) is 0.481. The Morgan fingerprint density at radius 2 is 1.84 bits per heavy atom. The lowest BCUT2D eigenvalue weighted by Gasteiger charge is -2.15. The summed E-state index contributed by atoms with van der Waals surface area (Å²) in [5.41, 5.74) is 3.20. The third-order valence-electron chi connectivity index (χ3n) is 6.09. The summed E-state index contributed by atoms with van der Waals surface area (Å²) < 4.78 is 8.46. The molecule has 0 spiro atoms. The highest BCUT2D eigenvalue weighted by atomic mass is 32.2. The molecule has 0 aliphatic rings. The van der Waals surface area contributed by atoms with E-state index in [1.54, 1.807) is 37.9 Å². The summed E-state index contributed by atoms with van der Waals surface area (Å²) in [4.78, 5) is 31.2. The van der Waals surface area contributed by atoms with Crippen LogP contribution in [0.25, 0.3) is 16.9 Å². The molecule has 4 rings (SSSR count).